The first-order chi connectivity index (χ1) is 9.84. The Morgan fingerprint density at radius 1 is 1.33 bits per heavy atom. The fourth-order valence-corrected chi connectivity index (χ4v) is 3.42. The first-order valence-electron chi connectivity index (χ1n) is 6.46. The van der Waals surface area contributed by atoms with Crippen LogP contribution in [0, 0.1) is 0 Å². The van der Waals surface area contributed by atoms with Gasteiger partial charge in [-0.15, -0.1) is 15.3 Å². The molecule has 0 bridgehead atoms. The quantitative estimate of drug-likeness (QED) is 0.842. The van der Waals surface area contributed by atoms with Crippen molar-refractivity contribution in [2.75, 3.05) is 5.75 Å². The first-order valence-corrected chi connectivity index (χ1v) is 8.22. The third-order valence-electron chi connectivity index (χ3n) is 2.72. The molecule has 2 rings (SSSR count). The normalized spacial score (nSPS) is 11.8. The third-order valence-corrected chi connectivity index (χ3v) is 4.40. The van der Waals surface area contributed by atoms with E-state index in [-0.39, 0.29) is 11.3 Å². The van der Waals surface area contributed by atoms with Crippen LogP contribution in [0.25, 0.3) is 10.7 Å². The number of carboxylic acid groups (broad SMARTS) is 1. The van der Waals surface area contributed by atoms with Crippen LogP contribution < -0.4 is 0 Å². The van der Waals surface area contributed by atoms with E-state index in [1.54, 1.807) is 0 Å². The predicted molar refractivity (Wildman–Crippen MR) is 81.7 cm³/mol. The summed E-state index contributed by atoms with van der Waals surface area (Å²) in [6, 6.07) is 0. The minimum atomic E-state index is -0.876. The monoisotopic (exact) mass is 327 g/mol. The van der Waals surface area contributed by atoms with Crippen molar-refractivity contribution in [3.05, 3.63) is 5.69 Å². The van der Waals surface area contributed by atoms with Crippen molar-refractivity contribution in [1.29, 1.82) is 0 Å². The highest BCUT2D eigenvalue weighted by molar-refractivity contribution is 7.99. The van der Waals surface area contributed by atoms with Gasteiger partial charge in [0.2, 0.25) is 0 Å². The Bertz CT molecular complexity index is 644. The van der Waals surface area contributed by atoms with E-state index in [0.29, 0.717) is 11.0 Å². The minimum Gasteiger partial charge on any atom is -0.481 e. The molecule has 0 saturated carbocycles. The summed E-state index contributed by atoms with van der Waals surface area (Å²) < 4.78 is 5.94. The van der Waals surface area contributed by atoms with Crippen LogP contribution in [0.15, 0.2) is 5.16 Å². The average molecular weight is 327 g/mol. The molecule has 0 aliphatic heterocycles. The van der Waals surface area contributed by atoms with E-state index < -0.39 is 5.97 Å². The van der Waals surface area contributed by atoms with E-state index in [4.69, 9.17) is 5.11 Å². The summed E-state index contributed by atoms with van der Waals surface area (Å²) >= 11 is 2.45. The standard InChI is InChI=1S/C12H17N5O2S2/c1-5-7-9(21-16-13-7)10-14-15-11(20-6-8(18)19)17(10)12(2,3)4/h5-6H2,1-4H3,(H,18,19). The van der Waals surface area contributed by atoms with Gasteiger partial charge in [-0.1, -0.05) is 23.2 Å². The Morgan fingerprint density at radius 2 is 2.05 bits per heavy atom. The van der Waals surface area contributed by atoms with Gasteiger partial charge in [0.15, 0.2) is 11.0 Å². The molecule has 0 fully saturated rings. The van der Waals surface area contributed by atoms with E-state index in [0.717, 1.165) is 17.0 Å². The molecule has 0 unspecified atom stereocenters. The van der Waals surface area contributed by atoms with Crippen molar-refractivity contribution in [3.8, 4) is 10.7 Å². The number of hydrogen-bond donors (Lipinski definition) is 1. The molecular formula is C12H17N5O2S2. The number of aryl methyl sites for hydroxylation is 1. The summed E-state index contributed by atoms with van der Waals surface area (Å²) in [5.74, 6) is -0.226. The van der Waals surface area contributed by atoms with Gasteiger partial charge in [0, 0.05) is 5.54 Å². The Hall–Kier alpha value is -1.48. The van der Waals surface area contributed by atoms with Gasteiger partial charge in [0.25, 0.3) is 0 Å². The van der Waals surface area contributed by atoms with Crippen LogP contribution in [0.3, 0.4) is 0 Å². The number of aromatic nitrogens is 5. The summed E-state index contributed by atoms with van der Waals surface area (Å²) in [4.78, 5) is 11.7. The number of carbonyl (C=O) groups is 1. The summed E-state index contributed by atoms with van der Waals surface area (Å²) in [6.07, 6.45) is 0.764. The lowest BCUT2D eigenvalue weighted by Gasteiger charge is -2.24. The number of hydrogen-bond acceptors (Lipinski definition) is 7. The number of nitrogens with zero attached hydrogens (tertiary/aromatic N) is 5. The minimum absolute atomic E-state index is 0.0458. The van der Waals surface area contributed by atoms with Crippen molar-refractivity contribution in [3.63, 3.8) is 0 Å². The molecule has 2 aromatic rings. The maximum absolute atomic E-state index is 10.8. The second-order valence-electron chi connectivity index (χ2n) is 5.40. The van der Waals surface area contributed by atoms with Crippen LogP contribution in [-0.2, 0) is 16.8 Å². The third kappa shape index (κ3) is 3.41. The fraction of sp³-hybridized carbons (Fsp3) is 0.583. The highest BCUT2D eigenvalue weighted by atomic mass is 32.2. The SMILES string of the molecule is CCc1nnsc1-c1nnc(SCC(=O)O)n1C(C)(C)C. The molecule has 0 amide bonds. The Kier molecular flexibility index (Phi) is 4.62. The molecule has 7 nitrogen and oxygen atoms in total. The highest BCUT2D eigenvalue weighted by Crippen LogP contribution is 2.33. The van der Waals surface area contributed by atoms with E-state index >= 15 is 0 Å². The maximum Gasteiger partial charge on any atom is 0.313 e. The van der Waals surface area contributed by atoms with Crippen LogP contribution in [0.2, 0.25) is 0 Å². The Labute approximate surface area is 131 Å². The lowest BCUT2D eigenvalue weighted by molar-refractivity contribution is -0.133. The van der Waals surface area contributed by atoms with Gasteiger partial charge < -0.3 is 5.11 Å². The lowest BCUT2D eigenvalue weighted by Crippen LogP contribution is -2.24. The fourth-order valence-electron chi connectivity index (χ4n) is 1.85. The zero-order valence-corrected chi connectivity index (χ0v) is 14.0. The van der Waals surface area contributed by atoms with Crippen LogP contribution in [-0.4, -0.2) is 41.2 Å². The molecule has 21 heavy (non-hydrogen) atoms. The van der Waals surface area contributed by atoms with Crippen LogP contribution >= 0.6 is 23.3 Å². The van der Waals surface area contributed by atoms with E-state index in [2.05, 4.69) is 19.8 Å². The van der Waals surface area contributed by atoms with Crippen LogP contribution in [0.5, 0.6) is 0 Å². The smallest absolute Gasteiger partial charge is 0.313 e. The largest absolute Gasteiger partial charge is 0.481 e. The van der Waals surface area contributed by atoms with Gasteiger partial charge in [0.05, 0.1) is 11.4 Å². The van der Waals surface area contributed by atoms with Crippen molar-refractivity contribution < 1.29 is 9.90 Å². The van der Waals surface area contributed by atoms with Crippen molar-refractivity contribution in [2.24, 2.45) is 0 Å². The molecule has 9 heteroatoms. The first kappa shape index (κ1) is 15.9. The molecule has 2 aromatic heterocycles. The Balaban J connectivity index is 2.49. The van der Waals surface area contributed by atoms with Gasteiger partial charge in [-0.3, -0.25) is 9.36 Å². The van der Waals surface area contributed by atoms with Gasteiger partial charge in [0.1, 0.15) is 4.88 Å². The number of aliphatic carboxylic acids is 1. The summed E-state index contributed by atoms with van der Waals surface area (Å²) in [7, 11) is 0. The van der Waals surface area contributed by atoms with Gasteiger partial charge in [-0.2, -0.15) is 0 Å². The molecule has 0 saturated heterocycles. The second-order valence-corrected chi connectivity index (χ2v) is 7.09. The van der Waals surface area contributed by atoms with Crippen molar-refractivity contribution >= 4 is 29.3 Å². The maximum atomic E-state index is 10.8. The average Bonchev–Trinajstić information content (AvgIpc) is 3.01. The molecule has 0 aromatic carbocycles. The molecule has 114 valence electrons. The topological polar surface area (TPSA) is 93.8 Å². The Morgan fingerprint density at radius 3 is 2.62 bits per heavy atom. The van der Waals surface area contributed by atoms with Crippen molar-refractivity contribution in [2.45, 2.75) is 44.8 Å². The van der Waals surface area contributed by atoms with Gasteiger partial charge in [-0.25, -0.2) is 0 Å². The highest BCUT2D eigenvalue weighted by Gasteiger charge is 2.27. The number of rotatable bonds is 5. The van der Waals surface area contributed by atoms with Crippen LogP contribution in [0.4, 0.5) is 0 Å². The summed E-state index contributed by atoms with van der Waals surface area (Å²) in [5, 5.41) is 21.9. The molecule has 2 heterocycles. The molecular weight excluding hydrogens is 310 g/mol. The lowest BCUT2D eigenvalue weighted by atomic mass is 10.1. The number of thioether (sulfide) groups is 1. The second kappa shape index (κ2) is 6.10. The molecule has 0 spiro atoms. The zero-order chi connectivity index (χ0) is 15.6. The zero-order valence-electron chi connectivity index (χ0n) is 12.3. The van der Waals surface area contributed by atoms with Crippen LogP contribution in [0.1, 0.15) is 33.4 Å². The van der Waals surface area contributed by atoms with E-state index in [1.807, 2.05) is 32.3 Å². The molecule has 1 N–H and O–H groups in total. The molecule has 0 aliphatic carbocycles. The van der Waals surface area contributed by atoms with Gasteiger partial charge >= 0.3 is 5.97 Å². The number of carboxylic acids is 1. The van der Waals surface area contributed by atoms with E-state index in [9.17, 15) is 4.79 Å². The van der Waals surface area contributed by atoms with E-state index in [1.165, 1.54) is 23.3 Å². The molecule has 0 aliphatic rings. The summed E-state index contributed by atoms with van der Waals surface area (Å²) in [5.41, 5.74) is 0.613. The summed E-state index contributed by atoms with van der Waals surface area (Å²) in [6.45, 7) is 8.11. The molecule has 0 atom stereocenters. The molecule has 0 radical (unpaired) electrons. The van der Waals surface area contributed by atoms with Crippen molar-refractivity contribution in [1.82, 2.24) is 24.4 Å². The predicted octanol–water partition coefficient (Wildman–Crippen LogP) is 2.29. The van der Waals surface area contributed by atoms with Gasteiger partial charge in [-0.05, 0) is 38.7 Å².